The normalized spacial score (nSPS) is 19.9. The third-order valence-electron chi connectivity index (χ3n) is 5.31. The highest BCUT2D eigenvalue weighted by Crippen LogP contribution is 2.38. The highest BCUT2D eigenvalue weighted by atomic mass is 32.1. The molecule has 1 fully saturated rings. The number of aliphatic carboxylic acids is 1. The molecule has 1 aliphatic heterocycles. The maximum Gasteiger partial charge on any atom is 0.311 e. The van der Waals surface area contributed by atoms with E-state index in [1.54, 1.807) is 16.2 Å². The third kappa shape index (κ3) is 3.80. The number of carbonyl (C=O) groups is 2. The summed E-state index contributed by atoms with van der Waals surface area (Å²) in [5.74, 6) is -0.846. The zero-order chi connectivity index (χ0) is 18.7. The molecule has 0 aliphatic carbocycles. The van der Waals surface area contributed by atoms with E-state index in [-0.39, 0.29) is 18.2 Å². The van der Waals surface area contributed by atoms with E-state index < -0.39 is 11.4 Å². The van der Waals surface area contributed by atoms with Crippen LogP contribution in [-0.4, -0.2) is 40.0 Å². The van der Waals surface area contributed by atoms with Gasteiger partial charge in [-0.05, 0) is 17.9 Å². The summed E-state index contributed by atoms with van der Waals surface area (Å²) in [6.07, 6.45) is 1.51. The lowest BCUT2D eigenvalue weighted by atomic mass is 9.76. The predicted octanol–water partition coefficient (Wildman–Crippen LogP) is 3.24. The van der Waals surface area contributed by atoms with Gasteiger partial charge in [0.05, 0.1) is 22.5 Å². The molecule has 5 nitrogen and oxygen atoms in total. The topological polar surface area (TPSA) is 70.5 Å². The van der Waals surface area contributed by atoms with Crippen LogP contribution in [0.4, 0.5) is 0 Å². The van der Waals surface area contributed by atoms with Crippen LogP contribution in [-0.2, 0) is 22.4 Å². The summed E-state index contributed by atoms with van der Waals surface area (Å²) < 4.78 is 0. The Morgan fingerprint density at radius 2 is 2.04 bits per heavy atom. The molecule has 1 atom stereocenters. The minimum atomic E-state index is -0.823. The molecule has 6 heteroatoms. The van der Waals surface area contributed by atoms with Gasteiger partial charge in [-0.25, -0.2) is 4.98 Å². The summed E-state index contributed by atoms with van der Waals surface area (Å²) in [7, 11) is 0. The number of aromatic nitrogens is 1. The molecule has 1 saturated heterocycles. The molecule has 1 aromatic carbocycles. The molecule has 0 spiro atoms. The van der Waals surface area contributed by atoms with Crippen molar-refractivity contribution in [2.75, 3.05) is 13.1 Å². The first kappa shape index (κ1) is 18.6. The molecule has 26 heavy (non-hydrogen) atoms. The van der Waals surface area contributed by atoms with E-state index in [1.807, 2.05) is 37.4 Å². The van der Waals surface area contributed by atoms with Gasteiger partial charge in [-0.1, -0.05) is 44.2 Å². The van der Waals surface area contributed by atoms with Gasteiger partial charge in [0, 0.05) is 24.9 Å². The van der Waals surface area contributed by atoms with Gasteiger partial charge in [0.15, 0.2) is 0 Å². The SMILES string of the molecule is CC(C)C1(C(=O)O)CCN(C(=O)Cc2csc(Cc3ccccc3)n2)C1. The van der Waals surface area contributed by atoms with E-state index in [9.17, 15) is 14.7 Å². The number of thiazole rings is 1. The third-order valence-corrected chi connectivity index (χ3v) is 6.21. The van der Waals surface area contributed by atoms with Crippen LogP contribution in [0.3, 0.4) is 0 Å². The number of benzene rings is 1. The summed E-state index contributed by atoms with van der Waals surface area (Å²) in [4.78, 5) is 30.6. The number of carboxylic acid groups (broad SMARTS) is 1. The van der Waals surface area contributed by atoms with Gasteiger partial charge in [-0.3, -0.25) is 9.59 Å². The minimum Gasteiger partial charge on any atom is -0.481 e. The summed E-state index contributed by atoms with van der Waals surface area (Å²) in [5, 5.41) is 12.5. The maximum atomic E-state index is 12.6. The molecule has 0 bridgehead atoms. The first-order valence-electron chi connectivity index (χ1n) is 8.89. The zero-order valence-corrected chi connectivity index (χ0v) is 16.0. The molecule has 1 N–H and O–H groups in total. The maximum absolute atomic E-state index is 12.6. The number of hydrogen-bond acceptors (Lipinski definition) is 4. The smallest absolute Gasteiger partial charge is 0.311 e. The van der Waals surface area contributed by atoms with Gasteiger partial charge >= 0.3 is 5.97 Å². The molecular formula is C20H24N2O3S. The Hall–Kier alpha value is -2.21. The Labute approximate surface area is 157 Å². The highest BCUT2D eigenvalue weighted by Gasteiger charge is 2.48. The van der Waals surface area contributed by atoms with Crippen LogP contribution >= 0.6 is 11.3 Å². The average Bonchev–Trinajstić information content (AvgIpc) is 3.23. The second kappa shape index (κ2) is 7.58. The second-order valence-corrected chi connectivity index (χ2v) is 8.20. The number of carbonyl (C=O) groups excluding carboxylic acids is 1. The molecule has 2 heterocycles. The number of likely N-dealkylation sites (tertiary alicyclic amines) is 1. The van der Waals surface area contributed by atoms with Gasteiger partial charge in [-0.15, -0.1) is 11.3 Å². The van der Waals surface area contributed by atoms with E-state index in [4.69, 9.17) is 0 Å². The van der Waals surface area contributed by atoms with Gasteiger partial charge in [0.1, 0.15) is 0 Å². The summed E-state index contributed by atoms with van der Waals surface area (Å²) in [5.41, 5.74) is 1.14. The monoisotopic (exact) mass is 372 g/mol. The largest absolute Gasteiger partial charge is 0.481 e. The number of nitrogens with zero attached hydrogens (tertiary/aromatic N) is 2. The predicted molar refractivity (Wildman–Crippen MR) is 101 cm³/mol. The van der Waals surface area contributed by atoms with Gasteiger partial charge in [0.25, 0.3) is 0 Å². The Bertz CT molecular complexity index is 787. The van der Waals surface area contributed by atoms with Crippen molar-refractivity contribution in [3.8, 4) is 0 Å². The molecule has 2 aromatic rings. The molecule has 0 radical (unpaired) electrons. The lowest BCUT2D eigenvalue weighted by molar-refractivity contribution is -0.151. The standard InChI is InChI=1S/C20H24N2O3S/c1-14(2)20(19(24)25)8-9-22(13-20)18(23)11-16-12-26-17(21-16)10-15-6-4-3-5-7-15/h3-7,12,14H,8-11,13H2,1-2H3,(H,24,25). The Morgan fingerprint density at radius 1 is 1.31 bits per heavy atom. The summed E-state index contributed by atoms with van der Waals surface area (Å²) in [6, 6.07) is 10.1. The lowest BCUT2D eigenvalue weighted by Crippen LogP contribution is -2.41. The molecule has 1 aromatic heterocycles. The van der Waals surface area contributed by atoms with Crippen molar-refractivity contribution in [2.24, 2.45) is 11.3 Å². The Morgan fingerprint density at radius 3 is 2.65 bits per heavy atom. The van der Waals surface area contributed by atoms with Crippen LogP contribution in [0.1, 0.15) is 36.5 Å². The minimum absolute atomic E-state index is 0.00505. The van der Waals surface area contributed by atoms with Crippen molar-refractivity contribution >= 4 is 23.2 Å². The van der Waals surface area contributed by atoms with Gasteiger partial charge in [-0.2, -0.15) is 0 Å². The molecule has 0 saturated carbocycles. The van der Waals surface area contributed by atoms with Gasteiger partial charge < -0.3 is 10.0 Å². The molecule has 1 unspecified atom stereocenters. The van der Waals surface area contributed by atoms with Crippen LogP contribution in [0.15, 0.2) is 35.7 Å². The fraction of sp³-hybridized carbons (Fsp3) is 0.450. The molecule has 3 rings (SSSR count). The lowest BCUT2D eigenvalue weighted by Gasteiger charge is -2.28. The number of hydrogen-bond donors (Lipinski definition) is 1. The summed E-state index contributed by atoms with van der Waals surface area (Å²) in [6.45, 7) is 4.63. The van der Waals surface area contributed by atoms with E-state index in [2.05, 4.69) is 17.1 Å². The zero-order valence-electron chi connectivity index (χ0n) is 15.1. The molecule has 138 valence electrons. The number of carboxylic acids is 1. The molecule has 1 aliphatic rings. The van der Waals surface area contributed by atoms with Crippen molar-refractivity contribution in [1.29, 1.82) is 0 Å². The second-order valence-electron chi connectivity index (χ2n) is 7.25. The van der Waals surface area contributed by atoms with Crippen molar-refractivity contribution in [1.82, 2.24) is 9.88 Å². The van der Waals surface area contributed by atoms with Crippen LogP contribution in [0.5, 0.6) is 0 Å². The first-order chi connectivity index (χ1) is 12.4. The number of amides is 1. The van der Waals surface area contributed by atoms with Crippen LogP contribution in [0.2, 0.25) is 0 Å². The molecular weight excluding hydrogens is 348 g/mol. The highest BCUT2D eigenvalue weighted by molar-refractivity contribution is 7.09. The van der Waals surface area contributed by atoms with Gasteiger partial charge in [0.2, 0.25) is 5.91 Å². The quantitative estimate of drug-likeness (QED) is 0.845. The van der Waals surface area contributed by atoms with Crippen molar-refractivity contribution in [3.05, 3.63) is 52.0 Å². The Kier molecular flexibility index (Phi) is 5.41. The van der Waals surface area contributed by atoms with Crippen molar-refractivity contribution < 1.29 is 14.7 Å². The van der Waals surface area contributed by atoms with E-state index in [1.165, 1.54) is 5.56 Å². The van der Waals surface area contributed by atoms with E-state index in [0.717, 1.165) is 17.1 Å². The average molecular weight is 372 g/mol. The Balaban J connectivity index is 1.62. The van der Waals surface area contributed by atoms with Crippen molar-refractivity contribution in [2.45, 2.75) is 33.1 Å². The molecule has 1 amide bonds. The first-order valence-corrected chi connectivity index (χ1v) is 9.77. The van der Waals surface area contributed by atoms with Crippen LogP contribution < -0.4 is 0 Å². The number of rotatable bonds is 6. The van der Waals surface area contributed by atoms with Crippen LogP contribution in [0, 0.1) is 11.3 Å². The fourth-order valence-electron chi connectivity index (χ4n) is 3.49. The summed E-state index contributed by atoms with van der Waals surface area (Å²) >= 11 is 1.56. The van der Waals surface area contributed by atoms with Crippen molar-refractivity contribution in [3.63, 3.8) is 0 Å². The van der Waals surface area contributed by atoms with E-state index in [0.29, 0.717) is 19.5 Å². The van der Waals surface area contributed by atoms with E-state index >= 15 is 0 Å². The van der Waals surface area contributed by atoms with Crippen LogP contribution in [0.25, 0.3) is 0 Å². The fourth-order valence-corrected chi connectivity index (χ4v) is 4.32.